The lowest BCUT2D eigenvalue weighted by Crippen LogP contribution is -2.54. The third-order valence-corrected chi connectivity index (χ3v) is 3.19. The summed E-state index contributed by atoms with van der Waals surface area (Å²) in [7, 11) is 0. The molecular weight excluding hydrogens is 168 g/mol. The number of rotatable bonds is 0. The Kier molecular flexibility index (Phi) is 1.76. The summed E-state index contributed by atoms with van der Waals surface area (Å²) in [6.45, 7) is 0. The molecule has 13 heavy (non-hydrogen) atoms. The summed E-state index contributed by atoms with van der Waals surface area (Å²) in [6, 6.07) is 1.48. The van der Waals surface area contributed by atoms with Crippen LogP contribution in [0.3, 0.4) is 0 Å². The van der Waals surface area contributed by atoms with Crippen LogP contribution < -0.4 is 21.9 Å². The van der Waals surface area contributed by atoms with Crippen LogP contribution >= 0.6 is 0 Å². The second-order valence-corrected chi connectivity index (χ2v) is 3.87. The maximum Gasteiger partial charge on any atom is 0.107 e. The molecule has 4 N–H and O–H groups in total. The molecule has 0 bridgehead atoms. The Morgan fingerprint density at radius 1 is 1.15 bits per heavy atom. The fourth-order valence-corrected chi connectivity index (χ4v) is 2.47. The molecule has 0 aromatic heterocycles. The summed E-state index contributed by atoms with van der Waals surface area (Å²) in [4.78, 5) is 5.09. The molecule has 4 unspecified atom stereocenters. The van der Waals surface area contributed by atoms with Crippen molar-refractivity contribution < 1.29 is 4.84 Å². The normalized spacial score (nSPS) is 48.0. The summed E-state index contributed by atoms with van der Waals surface area (Å²) in [5, 5.41) is 0. The molecule has 5 nitrogen and oxygen atoms in total. The predicted molar refractivity (Wildman–Crippen MR) is 46.9 cm³/mol. The minimum absolute atomic E-state index is 0.459. The van der Waals surface area contributed by atoms with E-state index in [4.69, 9.17) is 4.84 Å². The van der Waals surface area contributed by atoms with Crippen LogP contribution in [0.5, 0.6) is 0 Å². The van der Waals surface area contributed by atoms with Gasteiger partial charge in [-0.05, 0) is 18.9 Å². The van der Waals surface area contributed by atoms with E-state index in [1.165, 1.54) is 6.42 Å². The third kappa shape index (κ3) is 1.16. The second kappa shape index (κ2) is 2.95. The average molecular weight is 182 g/mol. The van der Waals surface area contributed by atoms with Crippen LogP contribution in [-0.2, 0) is 4.84 Å². The molecule has 0 radical (unpaired) electrons. The second-order valence-electron chi connectivity index (χ2n) is 3.87. The lowest BCUT2D eigenvalue weighted by molar-refractivity contribution is 0.0375. The summed E-state index contributed by atoms with van der Waals surface area (Å²) in [5.74, 6) is 0.523. The van der Waals surface area contributed by atoms with E-state index in [0.29, 0.717) is 24.0 Å². The zero-order valence-electron chi connectivity index (χ0n) is 7.29. The number of hydroxylamine groups is 1. The molecular formula is C8H14N4O. The molecule has 2 fully saturated rings. The van der Waals surface area contributed by atoms with Gasteiger partial charge in [-0.3, -0.25) is 0 Å². The first kappa shape index (κ1) is 7.75. The zero-order valence-corrected chi connectivity index (χ0v) is 7.29. The molecule has 2 aliphatic heterocycles. The number of hydrazine groups is 2. The number of hydrogen-bond acceptors (Lipinski definition) is 5. The maximum absolute atomic E-state index is 5.09. The van der Waals surface area contributed by atoms with Gasteiger partial charge in [0.2, 0.25) is 0 Å². The van der Waals surface area contributed by atoms with Gasteiger partial charge in [0, 0.05) is 18.0 Å². The van der Waals surface area contributed by atoms with E-state index in [9.17, 15) is 0 Å². The standard InChI is InChI=1S/C8H14N4O/c1-2-7-8(10-12-9-7)5-3-4-13-11-6(1)5/h3-12H,1-2H2. The van der Waals surface area contributed by atoms with Crippen molar-refractivity contribution in [3.8, 4) is 0 Å². The molecule has 2 heterocycles. The first-order valence-corrected chi connectivity index (χ1v) is 4.79. The smallest absolute Gasteiger partial charge is 0.107 e. The molecule has 0 spiro atoms. The van der Waals surface area contributed by atoms with Crippen molar-refractivity contribution in [1.82, 2.24) is 21.9 Å². The fraction of sp³-hybridized carbons (Fsp3) is 0.750. The average Bonchev–Trinajstić information content (AvgIpc) is 2.65. The lowest BCUT2D eigenvalue weighted by Gasteiger charge is -2.38. The van der Waals surface area contributed by atoms with E-state index in [1.807, 2.05) is 0 Å². The van der Waals surface area contributed by atoms with E-state index < -0.39 is 0 Å². The highest BCUT2D eigenvalue weighted by Crippen LogP contribution is 2.29. The first-order chi connectivity index (χ1) is 6.45. The molecule has 1 saturated carbocycles. The Labute approximate surface area is 76.8 Å². The van der Waals surface area contributed by atoms with Crippen molar-refractivity contribution >= 4 is 0 Å². The van der Waals surface area contributed by atoms with Gasteiger partial charge in [0.15, 0.2) is 0 Å². The third-order valence-electron chi connectivity index (χ3n) is 3.19. The molecule has 5 heteroatoms. The Hall–Kier alpha value is -0.620. The SMILES string of the molecule is C1=CC2C(CCC3NNNC32)NO1. The van der Waals surface area contributed by atoms with Crippen molar-refractivity contribution in [3.63, 3.8) is 0 Å². The molecule has 0 aromatic carbocycles. The fourth-order valence-electron chi connectivity index (χ4n) is 2.47. The van der Waals surface area contributed by atoms with Crippen LogP contribution in [0.15, 0.2) is 12.3 Å². The van der Waals surface area contributed by atoms with Gasteiger partial charge in [0.25, 0.3) is 0 Å². The Bertz CT molecular complexity index is 232. The highest BCUT2D eigenvalue weighted by molar-refractivity contribution is 5.07. The summed E-state index contributed by atoms with van der Waals surface area (Å²) < 4.78 is 0. The predicted octanol–water partition coefficient (Wildman–Crippen LogP) is -0.837. The molecule has 3 aliphatic rings. The van der Waals surface area contributed by atoms with E-state index in [0.717, 1.165) is 6.42 Å². The van der Waals surface area contributed by atoms with Gasteiger partial charge < -0.3 is 4.84 Å². The van der Waals surface area contributed by atoms with Gasteiger partial charge in [-0.2, -0.15) is 11.0 Å². The van der Waals surface area contributed by atoms with Gasteiger partial charge in [0.1, 0.15) is 6.26 Å². The Morgan fingerprint density at radius 2 is 2.08 bits per heavy atom. The van der Waals surface area contributed by atoms with Crippen molar-refractivity contribution in [2.75, 3.05) is 0 Å². The van der Waals surface area contributed by atoms with Crippen molar-refractivity contribution in [1.29, 1.82) is 0 Å². The molecule has 1 aliphatic carbocycles. The van der Waals surface area contributed by atoms with Crippen LogP contribution in [0.1, 0.15) is 12.8 Å². The first-order valence-electron chi connectivity index (χ1n) is 4.79. The minimum atomic E-state index is 0.459. The van der Waals surface area contributed by atoms with Crippen LogP contribution in [0.2, 0.25) is 0 Å². The zero-order chi connectivity index (χ0) is 8.67. The highest BCUT2D eigenvalue weighted by atomic mass is 16.6. The Balaban J connectivity index is 1.84. The molecule has 0 amide bonds. The maximum atomic E-state index is 5.09. The summed E-state index contributed by atoms with van der Waals surface area (Å²) in [6.07, 6.45) is 6.21. The van der Waals surface area contributed by atoms with Crippen molar-refractivity contribution in [2.45, 2.75) is 31.0 Å². The molecule has 1 saturated heterocycles. The van der Waals surface area contributed by atoms with Gasteiger partial charge in [0.05, 0.1) is 6.04 Å². The highest BCUT2D eigenvalue weighted by Gasteiger charge is 2.42. The molecule has 0 aromatic rings. The van der Waals surface area contributed by atoms with E-state index in [2.05, 4.69) is 27.9 Å². The van der Waals surface area contributed by atoms with Crippen LogP contribution in [0.4, 0.5) is 0 Å². The van der Waals surface area contributed by atoms with Crippen molar-refractivity contribution in [2.24, 2.45) is 5.92 Å². The monoisotopic (exact) mass is 182 g/mol. The van der Waals surface area contributed by atoms with Crippen LogP contribution in [-0.4, -0.2) is 18.1 Å². The van der Waals surface area contributed by atoms with E-state index >= 15 is 0 Å². The van der Waals surface area contributed by atoms with E-state index in [-0.39, 0.29) is 0 Å². The minimum Gasteiger partial charge on any atom is -0.417 e. The van der Waals surface area contributed by atoms with Crippen LogP contribution in [0, 0.1) is 5.92 Å². The summed E-state index contributed by atoms with van der Waals surface area (Å²) >= 11 is 0. The van der Waals surface area contributed by atoms with Gasteiger partial charge in [-0.15, -0.1) is 0 Å². The lowest BCUT2D eigenvalue weighted by atomic mass is 9.78. The quantitative estimate of drug-likeness (QED) is 0.394. The summed E-state index contributed by atoms with van der Waals surface area (Å²) in [5.41, 5.74) is 12.5. The number of fused-ring (bicyclic) bond motifs is 3. The van der Waals surface area contributed by atoms with Crippen molar-refractivity contribution in [3.05, 3.63) is 12.3 Å². The van der Waals surface area contributed by atoms with Gasteiger partial charge in [-0.1, -0.05) is 0 Å². The number of nitrogens with one attached hydrogen (secondary N) is 4. The van der Waals surface area contributed by atoms with Gasteiger partial charge in [-0.25, -0.2) is 10.9 Å². The Morgan fingerprint density at radius 3 is 3.08 bits per heavy atom. The molecule has 3 rings (SSSR count). The topological polar surface area (TPSA) is 57.3 Å². The van der Waals surface area contributed by atoms with Crippen LogP contribution in [0.25, 0.3) is 0 Å². The number of hydrogen-bond donors (Lipinski definition) is 4. The molecule has 4 atom stereocenters. The van der Waals surface area contributed by atoms with Gasteiger partial charge >= 0.3 is 0 Å². The molecule has 72 valence electrons. The van der Waals surface area contributed by atoms with E-state index in [1.54, 1.807) is 6.26 Å². The largest absolute Gasteiger partial charge is 0.417 e.